The lowest BCUT2D eigenvalue weighted by Gasteiger charge is -1.90. The van der Waals surface area contributed by atoms with Gasteiger partial charge >= 0.3 is 5.95 Å². The van der Waals surface area contributed by atoms with Crippen molar-refractivity contribution in [2.45, 2.75) is 0 Å². The number of rotatable bonds is 2. The van der Waals surface area contributed by atoms with E-state index in [4.69, 9.17) is 4.42 Å². The molecule has 1 aromatic heterocycles. The van der Waals surface area contributed by atoms with E-state index in [0.29, 0.717) is 5.95 Å². The molecule has 0 aromatic carbocycles. The molecule has 0 N–H and O–H groups in total. The average molecular weight is 114 g/mol. The Morgan fingerprint density at radius 2 is 2.50 bits per heavy atom. The van der Waals surface area contributed by atoms with Gasteiger partial charge in [-0.05, 0) is 6.07 Å². The minimum atomic E-state index is 0.368. The van der Waals surface area contributed by atoms with E-state index in [1.165, 1.54) is 13.4 Å². The van der Waals surface area contributed by atoms with Crippen molar-refractivity contribution in [2.75, 3.05) is 7.11 Å². The summed E-state index contributed by atoms with van der Waals surface area (Å²) in [6.07, 6.45) is 1.51. The van der Waals surface area contributed by atoms with Crippen molar-refractivity contribution in [3.05, 3.63) is 18.4 Å². The van der Waals surface area contributed by atoms with Crippen LogP contribution < -0.4 is 4.89 Å². The Kier molecular flexibility index (Phi) is 1.54. The number of hydrogen-bond acceptors (Lipinski definition) is 3. The Labute approximate surface area is 46.7 Å². The molecule has 3 heteroatoms. The maximum absolute atomic E-state index is 4.73. The van der Waals surface area contributed by atoms with Gasteiger partial charge in [0.05, 0.1) is 13.4 Å². The van der Waals surface area contributed by atoms with Gasteiger partial charge in [-0.3, -0.25) is 4.89 Å². The first-order chi connectivity index (χ1) is 3.93. The lowest BCUT2D eigenvalue weighted by atomic mass is 10.7. The lowest BCUT2D eigenvalue weighted by Crippen LogP contribution is -1.86. The van der Waals surface area contributed by atoms with Crippen LogP contribution in [0.3, 0.4) is 0 Å². The van der Waals surface area contributed by atoms with E-state index in [2.05, 4.69) is 9.78 Å². The van der Waals surface area contributed by atoms with Crippen LogP contribution in [-0.4, -0.2) is 7.11 Å². The van der Waals surface area contributed by atoms with Gasteiger partial charge in [0.25, 0.3) is 0 Å². The van der Waals surface area contributed by atoms with Crippen molar-refractivity contribution >= 4 is 0 Å². The van der Waals surface area contributed by atoms with Crippen molar-refractivity contribution < 1.29 is 14.2 Å². The van der Waals surface area contributed by atoms with Crippen LogP contribution in [0.5, 0.6) is 5.95 Å². The normalized spacial score (nSPS) is 9.12. The molecule has 8 heavy (non-hydrogen) atoms. The lowest BCUT2D eigenvalue weighted by molar-refractivity contribution is -0.192. The Hall–Kier alpha value is -0.960. The standard InChI is InChI=1S/C5H6O3/c1-6-8-5-3-2-4-7-5/h2-4H,1H3. The van der Waals surface area contributed by atoms with Crippen molar-refractivity contribution in [1.82, 2.24) is 0 Å². The van der Waals surface area contributed by atoms with Gasteiger partial charge in [-0.1, -0.05) is 0 Å². The molecule has 0 bridgehead atoms. The Morgan fingerprint density at radius 3 is 3.00 bits per heavy atom. The second-order valence-corrected chi connectivity index (χ2v) is 1.18. The molecule has 1 heterocycles. The summed E-state index contributed by atoms with van der Waals surface area (Å²) in [5.41, 5.74) is 0. The van der Waals surface area contributed by atoms with Crippen molar-refractivity contribution in [2.24, 2.45) is 0 Å². The third-order valence-corrected chi connectivity index (χ3v) is 0.661. The highest BCUT2D eigenvalue weighted by Gasteiger charge is 1.90. The molecule has 0 aliphatic rings. The fourth-order valence-electron chi connectivity index (χ4n) is 0.393. The van der Waals surface area contributed by atoms with Crippen molar-refractivity contribution in [3.8, 4) is 5.95 Å². The van der Waals surface area contributed by atoms with Crippen LogP contribution in [0.4, 0.5) is 0 Å². The van der Waals surface area contributed by atoms with Gasteiger partial charge < -0.3 is 4.42 Å². The van der Waals surface area contributed by atoms with E-state index < -0.39 is 0 Å². The van der Waals surface area contributed by atoms with Gasteiger partial charge in [-0.2, -0.15) is 4.89 Å². The summed E-state index contributed by atoms with van der Waals surface area (Å²) in [4.78, 5) is 8.77. The topological polar surface area (TPSA) is 31.6 Å². The molecule has 0 saturated heterocycles. The molecule has 0 aliphatic heterocycles. The highest BCUT2D eigenvalue weighted by atomic mass is 17.2. The maximum atomic E-state index is 4.73. The summed E-state index contributed by atoms with van der Waals surface area (Å²) >= 11 is 0. The summed E-state index contributed by atoms with van der Waals surface area (Å²) in [6, 6.07) is 3.37. The molecule has 0 aliphatic carbocycles. The molecule has 0 amide bonds. The predicted octanol–water partition coefficient (Wildman–Crippen LogP) is 1.22. The minimum absolute atomic E-state index is 0.368. The Bertz CT molecular complexity index is 133. The van der Waals surface area contributed by atoms with E-state index in [1.807, 2.05) is 0 Å². The van der Waals surface area contributed by atoms with Gasteiger partial charge in [0.1, 0.15) is 0 Å². The van der Waals surface area contributed by atoms with Gasteiger partial charge in [0, 0.05) is 6.07 Å². The summed E-state index contributed by atoms with van der Waals surface area (Å²) in [5, 5.41) is 0. The van der Waals surface area contributed by atoms with E-state index in [0.717, 1.165) is 0 Å². The van der Waals surface area contributed by atoms with E-state index in [-0.39, 0.29) is 0 Å². The molecule has 44 valence electrons. The molecular weight excluding hydrogens is 108 g/mol. The molecule has 0 atom stereocenters. The molecule has 0 unspecified atom stereocenters. The van der Waals surface area contributed by atoms with Gasteiger partial charge in [0.2, 0.25) is 0 Å². The van der Waals surface area contributed by atoms with Crippen molar-refractivity contribution in [1.29, 1.82) is 0 Å². The molecule has 0 fully saturated rings. The highest BCUT2D eigenvalue weighted by Crippen LogP contribution is 2.08. The second kappa shape index (κ2) is 2.37. The molecule has 0 radical (unpaired) electrons. The zero-order valence-electron chi connectivity index (χ0n) is 4.46. The van der Waals surface area contributed by atoms with Crippen LogP contribution in [-0.2, 0) is 4.89 Å². The minimum Gasteiger partial charge on any atom is -0.432 e. The first-order valence-electron chi connectivity index (χ1n) is 2.17. The highest BCUT2D eigenvalue weighted by molar-refractivity contribution is 5.02. The second-order valence-electron chi connectivity index (χ2n) is 1.18. The summed E-state index contributed by atoms with van der Waals surface area (Å²) < 4.78 is 4.73. The first-order valence-corrected chi connectivity index (χ1v) is 2.17. The molecule has 1 aromatic rings. The van der Waals surface area contributed by atoms with Crippen LogP contribution in [0.1, 0.15) is 0 Å². The SMILES string of the molecule is COOc1ccco1. The Balaban J connectivity index is 2.50. The molecule has 0 saturated carbocycles. The molecule has 3 nitrogen and oxygen atoms in total. The number of hydrogen-bond donors (Lipinski definition) is 0. The first kappa shape index (κ1) is 5.18. The molecule has 0 spiro atoms. The average Bonchev–Trinajstić information content (AvgIpc) is 2.19. The van der Waals surface area contributed by atoms with E-state index in [1.54, 1.807) is 12.1 Å². The number of furan rings is 1. The van der Waals surface area contributed by atoms with Crippen LogP contribution in [0.15, 0.2) is 22.8 Å². The molecular formula is C5H6O3. The zero-order chi connectivity index (χ0) is 5.82. The monoisotopic (exact) mass is 114 g/mol. The van der Waals surface area contributed by atoms with E-state index >= 15 is 0 Å². The maximum Gasteiger partial charge on any atom is 0.321 e. The largest absolute Gasteiger partial charge is 0.432 e. The Morgan fingerprint density at radius 1 is 1.62 bits per heavy atom. The van der Waals surface area contributed by atoms with Crippen molar-refractivity contribution in [3.63, 3.8) is 0 Å². The third kappa shape index (κ3) is 1.01. The van der Waals surface area contributed by atoms with E-state index in [9.17, 15) is 0 Å². The fraction of sp³-hybridized carbons (Fsp3) is 0.200. The van der Waals surface area contributed by atoms with Gasteiger partial charge in [0.15, 0.2) is 0 Å². The van der Waals surface area contributed by atoms with Crippen LogP contribution >= 0.6 is 0 Å². The van der Waals surface area contributed by atoms with Crippen LogP contribution in [0.25, 0.3) is 0 Å². The summed E-state index contributed by atoms with van der Waals surface area (Å²) in [5.74, 6) is 0.368. The van der Waals surface area contributed by atoms with Crippen LogP contribution in [0.2, 0.25) is 0 Å². The van der Waals surface area contributed by atoms with Gasteiger partial charge in [-0.15, -0.1) is 0 Å². The quantitative estimate of drug-likeness (QED) is 0.428. The predicted molar refractivity (Wildman–Crippen MR) is 26.3 cm³/mol. The van der Waals surface area contributed by atoms with Crippen LogP contribution in [0, 0.1) is 0 Å². The summed E-state index contributed by atoms with van der Waals surface area (Å²) in [6.45, 7) is 0. The smallest absolute Gasteiger partial charge is 0.321 e. The fourth-order valence-corrected chi connectivity index (χ4v) is 0.393. The van der Waals surface area contributed by atoms with Gasteiger partial charge in [-0.25, -0.2) is 0 Å². The summed E-state index contributed by atoms with van der Waals surface area (Å²) in [7, 11) is 1.42. The third-order valence-electron chi connectivity index (χ3n) is 0.661. The molecule has 1 rings (SSSR count). The zero-order valence-corrected chi connectivity index (χ0v) is 4.46.